The van der Waals surface area contributed by atoms with Crippen molar-refractivity contribution >= 4 is 33.6 Å². The Morgan fingerprint density at radius 2 is 2.05 bits per heavy atom. The Hall–Kier alpha value is -1.63. The van der Waals surface area contributed by atoms with E-state index >= 15 is 0 Å². The second-order valence-electron chi connectivity index (χ2n) is 5.01. The number of pyridine rings is 1. The van der Waals surface area contributed by atoms with Crippen LogP contribution >= 0.6 is 15.9 Å². The Bertz CT molecular complexity index is 497. The molecule has 1 rings (SSSR count). The SMILES string of the molecule is CC(C)(C)NC(=O)CNc1ncc(Br)cc1C(=O)O. The highest BCUT2D eigenvalue weighted by atomic mass is 79.9. The molecule has 0 saturated heterocycles. The molecule has 19 heavy (non-hydrogen) atoms. The second kappa shape index (κ2) is 6.01. The van der Waals surface area contributed by atoms with Crippen LogP contribution in [-0.2, 0) is 4.79 Å². The van der Waals surface area contributed by atoms with Gasteiger partial charge in [0.25, 0.3) is 0 Å². The first-order chi connectivity index (χ1) is 8.69. The summed E-state index contributed by atoms with van der Waals surface area (Å²) in [4.78, 5) is 26.6. The highest BCUT2D eigenvalue weighted by Crippen LogP contribution is 2.17. The molecule has 6 nitrogen and oxygen atoms in total. The molecule has 0 atom stereocenters. The van der Waals surface area contributed by atoms with E-state index in [1.807, 2.05) is 20.8 Å². The molecule has 3 N–H and O–H groups in total. The fourth-order valence-electron chi connectivity index (χ4n) is 1.37. The Kier molecular flexibility index (Phi) is 4.88. The van der Waals surface area contributed by atoms with Gasteiger partial charge in [-0.1, -0.05) is 0 Å². The molecule has 104 valence electrons. The number of carboxylic acids is 1. The molecule has 0 radical (unpaired) electrons. The number of amides is 1. The van der Waals surface area contributed by atoms with Gasteiger partial charge in [0.15, 0.2) is 0 Å². The topological polar surface area (TPSA) is 91.3 Å². The van der Waals surface area contributed by atoms with E-state index in [9.17, 15) is 9.59 Å². The van der Waals surface area contributed by atoms with Crippen molar-refractivity contribution in [3.05, 3.63) is 22.3 Å². The lowest BCUT2D eigenvalue weighted by Crippen LogP contribution is -2.43. The standard InChI is InChI=1S/C12H16BrN3O3/c1-12(2,3)16-9(17)6-15-10-8(11(18)19)4-7(13)5-14-10/h4-5H,6H2,1-3H3,(H,14,15)(H,16,17)(H,18,19). The van der Waals surface area contributed by atoms with Gasteiger partial charge in [-0.2, -0.15) is 0 Å². The van der Waals surface area contributed by atoms with E-state index in [4.69, 9.17) is 5.11 Å². The van der Waals surface area contributed by atoms with E-state index in [0.717, 1.165) is 0 Å². The van der Waals surface area contributed by atoms with Crippen LogP contribution in [0.3, 0.4) is 0 Å². The fourth-order valence-corrected chi connectivity index (χ4v) is 1.70. The quantitative estimate of drug-likeness (QED) is 0.784. The molecule has 1 aromatic heterocycles. The molecule has 1 amide bonds. The molecule has 0 unspecified atom stereocenters. The second-order valence-corrected chi connectivity index (χ2v) is 5.92. The summed E-state index contributed by atoms with van der Waals surface area (Å²) in [6.45, 7) is 5.56. The Labute approximate surface area is 119 Å². The van der Waals surface area contributed by atoms with Crippen LogP contribution in [0.1, 0.15) is 31.1 Å². The third-order valence-electron chi connectivity index (χ3n) is 2.02. The molecular weight excluding hydrogens is 314 g/mol. The van der Waals surface area contributed by atoms with Crippen molar-refractivity contribution in [3.8, 4) is 0 Å². The maximum atomic E-state index is 11.6. The number of carboxylic acid groups (broad SMARTS) is 1. The zero-order valence-corrected chi connectivity index (χ0v) is 12.5. The minimum absolute atomic E-state index is 0.0120. The normalized spacial score (nSPS) is 10.9. The van der Waals surface area contributed by atoms with Crippen LogP contribution in [0.5, 0.6) is 0 Å². The monoisotopic (exact) mass is 329 g/mol. The van der Waals surface area contributed by atoms with E-state index in [0.29, 0.717) is 4.47 Å². The number of nitrogens with one attached hydrogen (secondary N) is 2. The summed E-state index contributed by atoms with van der Waals surface area (Å²) in [5, 5.41) is 14.5. The third kappa shape index (κ3) is 5.25. The Morgan fingerprint density at radius 1 is 1.42 bits per heavy atom. The van der Waals surface area contributed by atoms with Gasteiger partial charge in [-0.05, 0) is 42.8 Å². The molecule has 0 bridgehead atoms. The molecule has 0 aliphatic carbocycles. The fraction of sp³-hybridized carbons (Fsp3) is 0.417. The third-order valence-corrected chi connectivity index (χ3v) is 2.45. The van der Waals surface area contributed by atoms with E-state index in [1.165, 1.54) is 12.3 Å². The van der Waals surface area contributed by atoms with Crippen LogP contribution in [0, 0.1) is 0 Å². The molecule has 0 aliphatic rings. The van der Waals surface area contributed by atoms with Crippen LogP contribution in [0.15, 0.2) is 16.7 Å². The van der Waals surface area contributed by atoms with Gasteiger partial charge in [0.2, 0.25) is 5.91 Å². The van der Waals surface area contributed by atoms with Gasteiger partial charge in [-0.25, -0.2) is 9.78 Å². The minimum atomic E-state index is -1.10. The molecule has 0 aromatic carbocycles. The maximum absolute atomic E-state index is 11.6. The number of anilines is 1. The van der Waals surface area contributed by atoms with Gasteiger partial charge in [0.05, 0.1) is 6.54 Å². The van der Waals surface area contributed by atoms with Gasteiger partial charge in [-0.3, -0.25) is 4.79 Å². The van der Waals surface area contributed by atoms with E-state index in [1.54, 1.807) is 0 Å². The van der Waals surface area contributed by atoms with Crippen LogP contribution < -0.4 is 10.6 Å². The van der Waals surface area contributed by atoms with Gasteiger partial charge >= 0.3 is 5.97 Å². The smallest absolute Gasteiger partial charge is 0.339 e. The number of aromatic carboxylic acids is 1. The zero-order chi connectivity index (χ0) is 14.6. The number of aromatic nitrogens is 1. The van der Waals surface area contributed by atoms with Crippen molar-refractivity contribution in [2.45, 2.75) is 26.3 Å². The summed E-state index contributed by atoms with van der Waals surface area (Å²) in [5.74, 6) is -1.17. The first-order valence-corrected chi connectivity index (χ1v) is 6.42. The van der Waals surface area contributed by atoms with Gasteiger partial charge in [-0.15, -0.1) is 0 Å². The number of nitrogens with zero attached hydrogens (tertiary/aromatic N) is 1. The average molecular weight is 330 g/mol. The molecule has 0 aliphatic heterocycles. The number of halogens is 1. The molecule has 0 spiro atoms. The first-order valence-electron chi connectivity index (χ1n) is 5.63. The highest BCUT2D eigenvalue weighted by Gasteiger charge is 2.16. The minimum Gasteiger partial charge on any atom is -0.478 e. The largest absolute Gasteiger partial charge is 0.478 e. The predicted octanol–water partition coefficient (Wildman–Crippen LogP) is 1.87. The predicted molar refractivity (Wildman–Crippen MR) is 75.3 cm³/mol. The lowest BCUT2D eigenvalue weighted by Gasteiger charge is -2.20. The summed E-state index contributed by atoms with van der Waals surface area (Å²) < 4.78 is 0.564. The van der Waals surface area contributed by atoms with Crippen molar-refractivity contribution in [1.82, 2.24) is 10.3 Å². The number of carbonyl (C=O) groups is 2. The van der Waals surface area contributed by atoms with Gasteiger partial charge < -0.3 is 15.7 Å². The van der Waals surface area contributed by atoms with Crippen molar-refractivity contribution in [3.63, 3.8) is 0 Å². The summed E-state index contributed by atoms with van der Waals surface area (Å²) in [5.41, 5.74) is -0.320. The highest BCUT2D eigenvalue weighted by molar-refractivity contribution is 9.10. The molecule has 0 fully saturated rings. The van der Waals surface area contributed by atoms with E-state index < -0.39 is 5.97 Å². The molecule has 0 saturated carbocycles. The van der Waals surface area contributed by atoms with Gasteiger partial charge in [0, 0.05) is 16.2 Å². The lowest BCUT2D eigenvalue weighted by atomic mass is 10.1. The number of hydrogen-bond acceptors (Lipinski definition) is 4. The Balaban J connectivity index is 2.73. The Morgan fingerprint density at radius 3 is 2.58 bits per heavy atom. The summed E-state index contributed by atoms with van der Waals surface area (Å²) in [7, 11) is 0. The van der Waals surface area contributed by atoms with Crippen LogP contribution in [0.4, 0.5) is 5.82 Å². The number of rotatable bonds is 4. The summed E-state index contributed by atoms with van der Waals surface area (Å²) in [6.07, 6.45) is 1.47. The molecule has 1 aromatic rings. The van der Waals surface area contributed by atoms with Crippen molar-refractivity contribution in [2.75, 3.05) is 11.9 Å². The lowest BCUT2D eigenvalue weighted by molar-refractivity contribution is -0.120. The van der Waals surface area contributed by atoms with Crippen LogP contribution in [0.2, 0.25) is 0 Å². The molecule has 7 heteroatoms. The maximum Gasteiger partial charge on any atom is 0.339 e. The molecular formula is C12H16BrN3O3. The van der Waals surface area contributed by atoms with E-state index in [-0.39, 0.29) is 29.4 Å². The summed E-state index contributed by atoms with van der Waals surface area (Å²) >= 11 is 3.15. The molecule has 1 heterocycles. The zero-order valence-electron chi connectivity index (χ0n) is 11.0. The first kappa shape index (κ1) is 15.4. The number of hydrogen-bond donors (Lipinski definition) is 3. The van der Waals surface area contributed by atoms with Gasteiger partial charge in [0.1, 0.15) is 11.4 Å². The number of carbonyl (C=O) groups excluding carboxylic acids is 1. The van der Waals surface area contributed by atoms with Crippen LogP contribution in [0.25, 0.3) is 0 Å². The van der Waals surface area contributed by atoms with E-state index in [2.05, 4.69) is 31.5 Å². The average Bonchev–Trinajstić information content (AvgIpc) is 2.24. The van der Waals surface area contributed by atoms with Crippen molar-refractivity contribution < 1.29 is 14.7 Å². The van der Waals surface area contributed by atoms with Crippen molar-refractivity contribution in [2.24, 2.45) is 0 Å². The van der Waals surface area contributed by atoms with Crippen molar-refractivity contribution in [1.29, 1.82) is 0 Å². The van der Waals surface area contributed by atoms with Crippen LogP contribution in [-0.4, -0.2) is 34.1 Å². The summed E-state index contributed by atoms with van der Waals surface area (Å²) in [6, 6.07) is 1.43.